The van der Waals surface area contributed by atoms with Crippen molar-refractivity contribution in [3.63, 3.8) is 0 Å². The van der Waals surface area contributed by atoms with Gasteiger partial charge in [-0.15, -0.1) is 0 Å². The Morgan fingerprint density at radius 3 is 1.12 bits per heavy atom. The van der Waals surface area contributed by atoms with Crippen LogP contribution in [0, 0.1) is 0 Å². The molecule has 0 aliphatic carbocycles. The normalized spacial score (nSPS) is 124. The number of rotatable bonds is 2. The molecule has 17 heavy (non-hydrogen) atoms. The Labute approximate surface area is 101 Å². The van der Waals surface area contributed by atoms with Gasteiger partial charge < -0.3 is 0 Å². The molecule has 10 saturated heterocycles. The Morgan fingerprint density at radius 1 is 0.647 bits per heavy atom. The van der Waals surface area contributed by atoms with Crippen LogP contribution in [0.1, 0.15) is 0 Å². The molecule has 0 nitrogen and oxygen atoms in total. The molecule has 0 radical (unpaired) electrons. The number of fused-ring (bicyclic) bond motifs is 10. The van der Waals surface area contributed by atoms with Crippen LogP contribution in [0.25, 0.3) is 0 Å². The maximum absolute atomic E-state index is 3.28. The molecular formula is C12H18FeP4. The van der Waals surface area contributed by atoms with Crippen LogP contribution in [-0.4, -0.2) is 10.8 Å². The second-order valence-corrected chi connectivity index (χ2v) is 38.6. The monoisotopic (exact) mass is 342 g/mol. The Morgan fingerprint density at radius 2 is 1.00 bits per heavy atom. The van der Waals surface area contributed by atoms with E-state index in [0.717, 1.165) is 19.4 Å². The van der Waals surface area contributed by atoms with E-state index in [4.69, 9.17) is 0 Å². The summed E-state index contributed by atoms with van der Waals surface area (Å²) in [4.78, 5) is 11.5. The van der Waals surface area contributed by atoms with Crippen molar-refractivity contribution >= 4 is 37.0 Å². The van der Waals surface area contributed by atoms with Crippen molar-refractivity contribution in [2.45, 2.75) is 58.0 Å². The summed E-state index contributed by atoms with van der Waals surface area (Å²) in [6.45, 7) is -2.98. The fraction of sp³-hybridized carbons (Fsp3) is 1.00. The van der Waals surface area contributed by atoms with Gasteiger partial charge in [0.15, 0.2) is 0 Å². The van der Waals surface area contributed by atoms with Crippen LogP contribution in [0.2, 0.25) is 47.2 Å². The van der Waals surface area contributed by atoms with Gasteiger partial charge in [-0.3, -0.25) is 0 Å². The zero-order valence-corrected chi connectivity index (χ0v) is 15.2. The van der Waals surface area contributed by atoms with Crippen molar-refractivity contribution in [2.75, 3.05) is 0 Å². The first kappa shape index (κ1) is 8.03. The first-order valence-corrected chi connectivity index (χ1v) is 15.9. The molecule has 0 aromatic carbocycles. The molecule has 0 amide bonds. The van der Waals surface area contributed by atoms with Gasteiger partial charge in [0.05, 0.1) is 0 Å². The molecule has 0 saturated carbocycles. The van der Waals surface area contributed by atoms with Gasteiger partial charge >= 0.3 is 101 Å². The Hall–Kier alpha value is 2.24. The summed E-state index contributed by atoms with van der Waals surface area (Å²) in [5, 5.41) is 1.80. The van der Waals surface area contributed by atoms with Gasteiger partial charge in [-0.25, -0.2) is 0 Å². The quantitative estimate of drug-likeness (QED) is 0.519. The Bertz CT molecular complexity index is 912. The minimum absolute atomic E-state index is 0.898. The van der Waals surface area contributed by atoms with Crippen molar-refractivity contribution < 1.29 is 6.51 Å². The number of hydrogen-bond donors (Lipinski definition) is 0. The van der Waals surface area contributed by atoms with E-state index in [9.17, 15) is 0 Å². The Kier molecular flexibility index (Phi) is 0.321. The van der Waals surface area contributed by atoms with Crippen molar-refractivity contribution in [1.29, 1.82) is 0 Å². The zero-order valence-electron chi connectivity index (χ0n) is 9.44. The summed E-state index contributed by atoms with van der Waals surface area (Å²) < 4.78 is 1.99. The molecule has 8 unspecified atom stereocenters. The van der Waals surface area contributed by atoms with Crippen LogP contribution in [0.4, 0.5) is 0 Å². The van der Waals surface area contributed by atoms with E-state index < -0.39 is 6.51 Å². The summed E-state index contributed by atoms with van der Waals surface area (Å²) >= 11 is 0. The second-order valence-electron chi connectivity index (χ2n) is 10.9. The van der Waals surface area contributed by atoms with Gasteiger partial charge in [-0.1, -0.05) is 0 Å². The van der Waals surface area contributed by atoms with E-state index in [1.54, 1.807) is 0 Å². The van der Waals surface area contributed by atoms with Crippen LogP contribution < -0.4 is 0 Å². The first-order valence-electron chi connectivity index (χ1n) is 7.06. The summed E-state index contributed by atoms with van der Waals surface area (Å²) in [5.74, 6) is 0. The Balaban J connectivity index is 1.75. The fourth-order valence-electron chi connectivity index (χ4n) is 18.9. The molecular weight excluding hydrogens is 324 g/mol. The average Bonchev–Trinajstić information content (AvgIpc) is 3.22. The van der Waals surface area contributed by atoms with Crippen LogP contribution in [-0.2, 0) is 6.51 Å². The summed E-state index contributed by atoms with van der Waals surface area (Å²) in [6.07, 6.45) is 0. The molecule has 1 spiro atoms. The molecule has 0 aromatic rings. The molecule has 10 aliphatic heterocycles. The van der Waals surface area contributed by atoms with E-state index in [2.05, 4.69) is 37.0 Å². The molecule has 0 N–H and O–H groups in total. The third-order valence-corrected chi connectivity index (χ3v) is 62.9. The molecule has 10 aliphatic rings. The number of hydrogen-bond acceptors (Lipinski definition) is 0. The van der Waals surface area contributed by atoms with Crippen molar-refractivity contribution in [1.82, 2.24) is 0 Å². The molecule has 10 fully saturated rings. The van der Waals surface area contributed by atoms with Crippen molar-refractivity contribution in [2.24, 2.45) is 0 Å². The molecule has 94 valence electrons. The van der Waals surface area contributed by atoms with Crippen molar-refractivity contribution in [3.8, 4) is 0 Å². The van der Waals surface area contributed by atoms with E-state index in [-0.39, 0.29) is 0 Å². The second kappa shape index (κ2) is 0.681. The standard InChI is InChI=1S/C7H13P4.C5H5.Fe/c8-6(9)4-2-1-3-5(4)7(10)11;1-2-4-5-3-1;/h1-3,6-7H,8-11H2;1-5H;. The van der Waals surface area contributed by atoms with E-state index in [0.29, 0.717) is 0 Å². The molecule has 5 heteroatoms. The van der Waals surface area contributed by atoms with Gasteiger partial charge in [0.1, 0.15) is 0 Å². The van der Waals surface area contributed by atoms with E-state index in [1.807, 2.05) is 0 Å². The summed E-state index contributed by atoms with van der Waals surface area (Å²) in [5.41, 5.74) is 0. The fourth-order valence-corrected chi connectivity index (χ4v) is 110. The molecule has 0 bridgehead atoms. The van der Waals surface area contributed by atoms with Gasteiger partial charge in [-0.05, 0) is 0 Å². The first-order chi connectivity index (χ1) is 7.82. The van der Waals surface area contributed by atoms with Crippen LogP contribution in [0.3, 0.4) is 0 Å². The summed E-state index contributed by atoms with van der Waals surface area (Å²) in [7, 11) is 13.1. The third-order valence-electron chi connectivity index (χ3n) is 16.1. The average molecular weight is 342 g/mol. The van der Waals surface area contributed by atoms with E-state index in [1.165, 1.54) is 38.5 Å². The van der Waals surface area contributed by atoms with Gasteiger partial charge in [0.25, 0.3) is 0 Å². The topological polar surface area (TPSA) is 0 Å². The zero-order chi connectivity index (χ0) is 11.1. The molecule has 8 atom stereocenters. The molecule has 0 aromatic heterocycles. The molecule has 10 rings (SSSR count). The van der Waals surface area contributed by atoms with E-state index >= 15 is 0 Å². The minimum atomic E-state index is -2.98. The maximum atomic E-state index is 3.28. The summed E-state index contributed by atoms with van der Waals surface area (Å²) in [6, 6.07) is 0. The van der Waals surface area contributed by atoms with Gasteiger partial charge in [0, 0.05) is 0 Å². The molecule has 10 heterocycles. The van der Waals surface area contributed by atoms with Crippen LogP contribution in [0.15, 0.2) is 0 Å². The van der Waals surface area contributed by atoms with Crippen LogP contribution in [0.5, 0.6) is 0 Å². The predicted molar refractivity (Wildman–Crippen MR) is 81.8 cm³/mol. The third kappa shape index (κ3) is 0.0827. The van der Waals surface area contributed by atoms with Gasteiger partial charge in [-0.2, -0.15) is 0 Å². The van der Waals surface area contributed by atoms with Crippen molar-refractivity contribution in [3.05, 3.63) is 0 Å². The van der Waals surface area contributed by atoms with Crippen LogP contribution >= 0.6 is 37.0 Å². The SMILES string of the molecule is PC(P)[C]12[CH]3[CH]4[CH]5[C]1(C(P)P)[Fe]43521678[CH]2[CH]1[CH]6[CH]7[CH]28. The van der Waals surface area contributed by atoms with Gasteiger partial charge in [0.2, 0.25) is 0 Å². The predicted octanol–water partition coefficient (Wildman–Crippen LogP) is 4.27.